The van der Waals surface area contributed by atoms with E-state index in [2.05, 4.69) is 11.4 Å². The Morgan fingerprint density at radius 1 is 1.15 bits per heavy atom. The Morgan fingerprint density at radius 3 is 2.25 bits per heavy atom. The van der Waals surface area contributed by atoms with Crippen molar-refractivity contribution >= 4 is 17.5 Å². The minimum atomic E-state index is -0.916. The number of primary amides is 1. The maximum absolute atomic E-state index is 12.3. The van der Waals surface area contributed by atoms with Crippen LogP contribution in [0.1, 0.15) is 42.5 Å². The zero-order valence-corrected chi connectivity index (χ0v) is 11.2. The van der Waals surface area contributed by atoms with Crippen molar-refractivity contribution in [3.8, 4) is 6.07 Å². The molecule has 5 heteroatoms. The zero-order chi connectivity index (χ0) is 14.6. The molecule has 1 fully saturated rings. The normalized spacial score (nSPS) is 16.9. The molecule has 3 N–H and O–H groups in total. The lowest BCUT2D eigenvalue weighted by atomic mass is 9.74. The van der Waals surface area contributed by atoms with Crippen LogP contribution >= 0.6 is 0 Å². The molecule has 0 saturated heterocycles. The van der Waals surface area contributed by atoms with Crippen molar-refractivity contribution in [3.05, 3.63) is 29.8 Å². The topological polar surface area (TPSA) is 96.0 Å². The molecule has 2 rings (SSSR count). The molecule has 1 saturated carbocycles. The minimum Gasteiger partial charge on any atom is -0.366 e. The Hall–Kier alpha value is -2.35. The zero-order valence-electron chi connectivity index (χ0n) is 11.2. The van der Waals surface area contributed by atoms with Crippen LogP contribution in [0, 0.1) is 16.7 Å². The van der Waals surface area contributed by atoms with Crippen LogP contribution in [0.25, 0.3) is 0 Å². The van der Waals surface area contributed by atoms with E-state index in [0.717, 1.165) is 19.3 Å². The Morgan fingerprint density at radius 2 is 1.75 bits per heavy atom. The quantitative estimate of drug-likeness (QED) is 0.882. The van der Waals surface area contributed by atoms with Gasteiger partial charge in [0.05, 0.1) is 6.07 Å². The lowest BCUT2D eigenvalue weighted by Crippen LogP contribution is -2.36. The van der Waals surface area contributed by atoms with Crippen molar-refractivity contribution in [2.24, 2.45) is 11.1 Å². The molecule has 1 aliphatic carbocycles. The first-order chi connectivity index (χ1) is 9.57. The number of carbonyl (C=O) groups is 2. The summed E-state index contributed by atoms with van der Waals surface area (Å²) in [5.74, 6) is -0.768. The van der Waals surface area contributed by atoms with Gasteiger partial charge in [0.1, 0.15) is 5.41 Å². The lowest BCUT2D eigenvalue weighted by Gasteiger charge is -2.29. The van der Waals surface area contributed by atoms with Crippen LogP contribution in [-0.4, -0.2) is 11.8 Å². The van der Waals surface area contributed by atoms with Crippen molar-refractivity contribution in [1.29, 1.82) is 5.26 Å². The predicted molar refractivity (Wildman–Crippen MR) is 74.7 cm³/mol. The molecule has 0 aromatic heterocycles. The highest BCUT2D eigenvalue weighted by atomic mass is 16.2. The number of amides is 2. The van der Waals surface area contributed by atoms with Crippen LogP contribution in [0.15, 0.2) is 24.3 Å². The first kappa shape index (κ1) is 14.1. The van der Waals surface area contributed by atoms with Crippen LogP contribution in [0.3, 0.4) is 0 Å². The van der Waals surface area contributed by atoms with E-state index in [1.165, 1.54) is 0 Å². The van der Waals surface area contributed by atoms with Gasteiger partial charge < -0.3 is 11.1 Å². The van der Waals surface area contributed by atoms with E-state index in [0.29, 0.717) is 24.1 Å². The maximum atomic E-state index is 12.3. The molecule has 0 atom stereocenters. The molecule has 1 aromatic carbocycles. The van der Waals surface area contributed by atoms with E-state index >= 15 is 0 Å². The summed E-state index contributed by atoms with van der Waals surface area (Å²) in [6, 6.07) is 8.52. The predicted octanol–water partition coefficient (Wildman–Crippen LogP) is 2.20. The molecule has 5 nitrogen and oxygen atoms in total. The summed E-state index contributed by atoms with van der Waals surface area (Å²) in [5.41, 5.74) is 5.19. The highest BCUT2D eigenvalue weighted by Gasteiger charge is 2.39. The lowest BCUT2D eigenvalue weighted by molar-refractivity contribution is -0.124. The van der Waals surface area contributed by atoms with Gasteiger partial charge in [0.15, 0.2) is 0 Å². The summed E-state index contributed by atoms with van der Waals surface area (Å²) in [5, 5.41) is 12.1. The fraction of sp³-hybridized carbons (Fsp3) is 0.400. The molecule has 0 bridgehead atoms. The van der Waals surface area contributed by atoms with Crippen LogP contribution < -0.4 is 11.1 Å². The number of hydrogen-bond acceptors (Lipinski definition) is 3. The summed E-state index contributed by atoms with van der Waals surface area (Å²) < 4.78 is 0. The molecular weight excluding hydrogens is 254 g/mol. The summed E-state index contributed by atoms with van der Waals surface area (Å²) in [7, 11) is 0. The van der Waals surface area contributed by atoms with Gasteiger partial charge in [0.25, 0.3) is 0 Å². The van der Waals surface area contributed by atoms with Gasteiger partial charge in [-0.3, -0.25) is 9.59 Å². The fourth-order valence-electron chi connectivity index (χ4n) is 2.51. The Labute approximate surface area is 117 Å². The van der Waals surface area contributed by atoms with Gasteiger partial charge in [0, 0.05) is 11.3 Å². The van der Waals surface area contributed by atoms with Crippen molar-refractivity contribution in [1.82, 2.24) is 0 Å². The van der Waals surface area contributed by atoms with E-state index in [1.54, 1.807) is 24.3 Å². The SMILES string of the molecule is N#CC1(C(=O)Nc2ccc(C(N)=O)cc2)CCCCC1. The molecule has 104 valence electrons. The largest absolute Gasteiger partial charge is 0.366 e. The number of benzene rings is 1. The second kappa shape index (κ2) is 5.74. The van der Waals surface area contributed by atoms with Gasteiger partial charge in [-0.15, -0.1) is 0 Å². The number of hydrogen-bond donors (Lipinski definition) is 2. The Kier molecular flexibility index (Phi) is 4.04. The van der Waals surface area contributed by atoms with Gasteiger partial charge in [0.2, 0.25) is 11.8 Å². The monoisotopic (exact) mass is 271 g/mol. The third-order valence-electron chi connectivity index (χ3n) is 3.78. The summed E-state index contributed by atoms with van der Waals surface area (Å²) in [6.45, 7) is 0. The van der Waals surface area contributed by atoms with Crippen LogP contribution in [-0.2, 0) is 4.79 Å². The average molecular weight is 271 g/mol. The second-order valence-corrected chi connectivity index (χ2v) is 5.15. The highest BCUT2D eigenvalue weighted by Crippen LogP contribution is 2.36. The van der Waals surface area contributed by atoms with Crippen LogP contribution in [0.4, 0.5) is 5.69 Å². The molecule has 2 amide bonds. The highest BCUT2D eigenvalue weighted by molar-refractivity contribution is 5.98. The van der Waals surface area contributed by atoms with Crippen molar-refractivity contribution < 1.29 is 9.59 Å². The van der Waals surface area contributed by atoms with E-state index < -0.39 is 11.3 Å². The molecule has 0 radical (unpaired) electrons. The number of nitriles is 1. The molecule has 20 heavy (non-hydrogen) atoms. The summed E-state index contributed by atoms with van der Waals surface area (Å²) in [4.78, 5) is 23.3. The van der Waals surface area contributed by atoms with Gasteiger partial charge in [-0.25, -0.2) is 0 Å². The number of carbonyl (C=O) groups excluding carboxylic acids is 2. The number of nitrogens with zero attached hydrogens (tertiary/aromatic N) is 1. The second-order valence-electron chi connectivity index (χ2n) is 5.15. The fourth-order valence-corrected chi connectivity index (χ4v) is 2.51. The van der Waals surface area contributed by atoms with E-state index in [9.17, 15) is 14.9 Å². The standard InChI is InChI=1S/C15H17N3O2/c16-10-15(8-2-1-3-9-15)14(20)18-12-6-4-11(5-7-12)13(17)19/h4-7H,1-3,8-9H2,(H2,17,19)(H,18,20). The smallest absolute Gasteiger partial charge is 0.248 e. The van der Waals surface area contributed by atoms with Gasteiger partial charge in [-0.1, -0.05) is 19.3 Å². The Bertz CT molecular complexity index is 551. The number of anilines is 1. The van der Waals surface area contributed by atoms with Crippen LogP contribution in [0.2, 0.25) is 0 Å². The first-order valence-electron chi connectivity index (χ1n) is 6.70. The molecule has 1 aliphatic rings. The van der Waals surface area contributed by atoms with Crippen molar-refractivity contribution in [3.63, 3.8) is 0 Å². The Balaban J connectivity index is 2.10. The molecule has 1 aromatic rings. The number of nitrogens with two attached hydrogens (primary N) is 1. The molecular formula is C15H17N3O2. The average Bonchev–Trinajstić information content (AvgIpc) is 2.48. The molecule has 0 heterocycles. The maximum Gasteiger partial charge on any atom is 0.248 e. The minimum absolute atomic E-state index is 0.258. The van der Waals surface area contributed by atoms with E-state index in [4.69, 9.17) is 5.73 Å². The van der Waals surface area contributed by atoms with Crippen molar-refractivity contribution in [2.45, 2.75) is 32.1 Å². The van der Waals surface area contributed by atoms with Crippen LogP contribution in [0.5, 0.6) is 0 Å². The van der Waals surface area contributed by atoms with Crippen molar-refractivity contribution in [2.75, 3.05) is 5.32 Å². The third-order valence-corrected chi connectivity index (χ3v) is 3.78. The molecule has 0 unspecified atom stereocenters. The molecule has 0 aliphatic heterocycles. The van der Waals surface area contributed by atoms with Gasteiger partial charge in [-0.05, 0) is 37.1 Å². The van der Waals surface area contributed by atoms with Gasteiger partial charge >= 0.3 is 0 Å². The van der Waals surface area contributed by atoms with E-state index in [1.807, 2.05) is 0 Å². The summed E-state index contributed by atoms with van der Waals surface area (Å²) >= 11 is 0. The van der Waals surface area contributed by atoms with Gasteiger partial charge in [-0.2, -0.15) is 5.26 Å². The first-order valence-corrected chi connectivity index (χ1v) is 6.70. The molecule has 0 spiro atoms. The third kappa shape index (κ3) is 2.80. The number of nitrogens with one attached hydrogen (secondary N) is 1. The summed E-state index contributed by atoms with van der Waals surface area (Å²) in [6.07, 6.45) is 4.09. The number of rotatable bonds is 3. The van der Waals surface area contributed by atoms with E-state index in [-0.39, 0.29) is 5.91 Å².